The normalized spacial score (nSPS) is 15.3. The third-order valence-electron chi connectivity index (χ3n) is 5.42. The molecule has 0 spiro atoms. The van der Waals surface area contributed by atoms with E-state index in [1.165, 1.54) is 10.4 Å². The van der Waals surface area contributed by atoms with Gasteiger partial charge in [-0.2, -0.15) is 4.31 Å². The maximum atomic E-state index is 13.1. The Hall–Kier alpha value is -2.70. The van der Waals surface area contributed by atoms with Crippen LogP contribution in [0, 0.1) is 6.92 Å². The summed E-state index contributed by atoms with van der Waals surface area (Å²) in [4.78, 5) is 13.1. The Bertz CT molecular complexity index is 1160. The first-order valence-corrected chi connectivity index (χ1v) is 11.3. The fourth-order valence-electron chi connectivity index (χ4n) is 3.79. The van der Waals surface area contributed by atoms with Gasteiger partial charge < -0.3 is 5.32 Å². The van der Waals surface area contributed by atoms with Gasteiger partial charge in [-0.1, -0.05) is 48.9 Å². The van der Waals surface area contributed by atoms with Crippen LogP contribution in [0.2, 0.25) is 0 Å². The molecule has 1 aliphatic rings. The molecular formula is C23H24N2O3S. The molecule has 0 saturated carbocycles. The Morgan fingerprint density at radius 3 is 2.45 bits per heavy atom. The monoisotopic (exact) mass is 408 g/mol. The molecule has 5 nitrogen and oxygen atoms in total. The Morgan fingerprint density at radius 1 is 0.931 bits per heavy atom. The highest BCUT2D eigenvalue weighted by molar-refractivity contribution is 7.89. The van der Waals surface area contributed by atoms with Crippen LogP contribution < -0.4 is 5.32 Å². The molecule has 0 aromatic heterocycles. The molecule has 1 amide bonds. The quantitative estimate of drug-likeness (QED) is 0.687. The van der Waals surface area contributed by atoms with Crippen LogP contribution in [-0.2, 0) is 10.0 Å². The lowest BCUT2D eigenvalue weighted by Gasteiger charge is -2.26. The number of anilines is 1. The van der Waals surface area contributed by atoms with Gasteiger partial charge in [0, 0.05) is 29.7 Å². The largest absolute Gasteiger partial charge is 0.321 e. The predicted octanol–water partition coefficient (Wildman–Crippen LogP) is 4.58. The van der Waals surface area contributed by atoms with E-state index in [0.29, 0.717) is 29.9 Å². The van der Waals surface area contributed by atoms with Crippen molar-refractivity contribution in [3.63, 3.8) is 0 Å². The second-order valence-corrected chi connectivity index (χ2v) is 9.33. The number of sulfonamides is 1. The summed E-state index contributed by atoms with van der Waals surface area (Å²) in [6.07, 6.45) is 2.80. The van der Waals surface area contributed by atoms with E-state index in [4.69, 9.17) is 0 Å². The summed E-state index contributed by atoms with van der Waals surface area (Å²) in [5.41, 5.74) is 1.69. The van der Waals surface area contributed by atoms with Gasteiger partial charge in [0.2, 0.25) is 10.0 Å². The van der Waals surface area contributed by atoms with Crippen LogP contribution in [0.4, 0.5) is 5.69 Å². The van der Waals surface area contributed by atoms with Crippen molar-refractivity contribution in [2.75, 3.05) is 18.4 Å². The number of piperidine rings is 1. The fraction of sp³-hybridized carbons (Fsp3) is 0.261. The third kappa shape index (κ3) is 3.91. The van der Waals surface area contributed by atoms with Crippen LogP contribution in [-0.4, -0.2) is 31.7 Å². The smallest absolute Gasteiger partial charge is 0.255 e. The van der Waals surface area contributed by atoms with Crippen molar-refractivity contribution >= 4 is 32.4 Å². The lowest BCUT2D eigenvalue weighted by Crippen LogP contribution is -2.36. The van der Waals surface area contributed by atoms with Gasteiger partial charge in [0.1, 0.15) is 0 Å². The predicted molar refractivity (Wildman–Crippen MR) is 116 cm³/mol. The molecule has 3 aromatic rings. The standard InChI is InChI=1S/C23H24N2O3S/c1-17-12-13-19(16-22(17)29(27,28)25-14-5-2-6-15-25)23(26)24-21-11-7-9-18-8-3-4-10-20(18)21/h3-4,7-13,16H,2,5-6,14-15H2,1H3,(H,24,26). The van der Waals surface area contributed by atoms with E-state index >= 15 is 0 Å². The van der Waals surface area contributed by atoms with Gasteiger partial charge in [0.15, 0.2) is 0 Å². The molecular weight excluding hydrogens is 384 g/mol. The molecule has 0 radical (unpaired) electrons. The highest BCUT2D eigenvalue weighted by atomic mass is 32.2. The average molecular weight is 409 g/mol. The number of amides is 1. The summed E-state index contributed by atoms with van der Waals surface area (Å²) in [5, 5.41) is 4.90. The van der Waals surface area contributed by atoms with E-state index in [2.05, 4.69) is 5.32 Å². The van der Waals surface area contributed by atoms with Crippen LogP contribution in [0.5, 0.6) is 0 Å². The number of nitrogens with one attached hydrogen (secondary N) is 1. The maximum Gasteiger partial charge on any atom is 0.255 e. The average Bonchev–Trinajstić information content (AvgIpc) is 2.75. The molecule has 3 aromatic carbocycles. The fourth-order valence-corrected chi connectivity index (χ4v) is 5.56. The van der Waals surface area contributed by atoms with Crippen LogP contribution in [0.25, 0.3) is 10.8 Å². The molecule has 6 heteroatoms. The maximum absolute atomic E-state index is 13.1. The SMILES string of the molecule is Cc1ccc(C(=O)Nc2cccc3ccccc23)cc1S(=O)(=O)N1CCCCC1. The number of fused-ring (bicyclic) bond motifs is 1. The number of aryl methyl sites for hydroxylation is 1. The van der Waals surface area contributed by atoms with Crippen LogP contribution in [0.15, 0.2) is 65.6 Å². The minimum Gasteiger partial charge on any atom is -0.321 e. The molecule has 1 fully saturated rings. The molecule has 0 unspecified atom stereocenters. The minimum absolute atomic E-state index is 0.213. The van der Waals surface area contributed by atoms with Crippen LogP contribution in [0.1, 0.15) is 35.2 Å². The number of nitrogens with zero attached hydrogens (tertiary/aromatic N) is 1. The van der Waals surface area contributed by atoms with Crippen molar-refractivity contribution in [2.24, 2.45) is 0 Å². The molecule has 150 valence electrons. The first-order valence-electron chi connectivity index (χ1n) is 9.87. The summed E-state index contributed by atoms with van der Waals surface area (Å²) in [7, 11) is -3.60. The molecule has 29 heavy (non-hydrogen) atoms. The van der Waals surface area contributed by atoms with Gasteiger partial charge in [-0.25, -0.2) is 8.42 Å². The van der Waals surface area contributed by atoms with Crippen molar-refractivity contribution in [1.82, 2.24) is 4.31 Å². The zero-order chi connectivity index (χ0) is 20.4. The number of carbonyl (C=O) groups is 1. The van der Waals surface area contributed by atoms with Gasteiger partial charge in [0.05, 0.1) is 4.90 Å². The molecule has 1 saturated heterocycles. The Labute approximate surface area is 171 Å². The molecule has 1 aliphatic heterocycles. The molecule has 4 rings (SSSR count). The van der Waals surface area contributed by atoms with Crippen molar-refractivity contribution in [3.8, 4) is 0 Å². The van der Waals surface area contributed by atoms with Crippen molar-refractivity contribution < 1.29 is 13.2 Å². The summed E-state index contributed by atoms with van der Waals surface area (Å²) in [6, 6.07) is 18.4. The molecule has 1 heterocycles. The first-order chi connectivity index (χ1) is 14.0. The first kappa shape index (κ1) is 19.6. The summed E-state index contributed by atoms with van der Waals surface area (Å²) in [5.74, 6) is -0.323. The molecule has 0 aliphatic carbocycles. The van der Waals surface area contributed by atoms with E-state index in [1.54, 1.807) is 19.1 Å². The summed E-state index contributed by atoms with van der Waals surface area (Å²) < 4.78 is 27.8. The van der Waals surface area contributed by atoms with E-state index in [-0.39, 0.29) is 10.8 Å². The Morgan fingerprint density at radius 2 is 1.66 bits per heavy atom. The van der Waals surface area contributed by atoms with Gasteiger partial charge in [0.25, 0.3) is 5.91 Å². The van der Waals surface area contributed by atoms with Crippen LogP contribution in [0.3, 0.4) is 0 Å². The Kier molecular flexibility index (Phi) is 5.39. The number of rotatable bonds is 4. The number of carbonyl (C=O) groups excluding carboxylic acids is 1. The number of benzene rings is 3. The van der Waals surface area contributed by atoms with Gasteiger partial charge in [-0.05, 0) is 48.9 Å². The van der Waals surface area contributed by atoms with Crippen molar-refractivity contribution in [1.29, 1.82) is 0 Å². The van der Waals surface area contributed by atoms with E-state index in [9.17, 15) is 13.2 Å². The van der Waals surface area contributed by atoms with Gasteiger partial charge in [-0.3, -0.25) is 4.79 Å². The molecule has 1 N–H and O–H groups in total. The molecule has 0 atom stereocenters. The number of hydrogen-bond donors (Lipinski definition) is 1. The highest BCUT2D eigenvalue weighted by Gasteiger charge is 2.28. The van der Waals surface area contributed by atoms with Crippen LogP contribution >= 0.6 is 0 Å². The summed E-state index contributed by atoms with van der Waals surface area (Å²) in [6.45, 7) is 2.84. The van der Waals surface area contributed by atoms with E-state index in [0.717, 1.165) is 30.0 Å². The van der Waals surface area contributed by atoms with Gasteiger partial charge >= 0.3 is 0 Å². The zero-order valence-corrected chi connectivity index (χ0v) is 17.2. The number of hydrogen-bond acceptors (Lipinski definition) is 3. The van der Waals surface area contributed by atoms with E-state index in [1.807, 2.05) is 42.5 Å². The lowest BCUT2D eigenvalue weighted by molar-refractivity contribution is 0.102. The lowest BCUT2D eigenvalue weighted by atomic mass is 10.1. The third-order valence-corrected chi connectivity index (χ3v) is 7.46. The zero-order valence-electron chi connectivity index (χ0n) is 16.4. The summed E-state index contributed by atoms with van der Waals surface area (Å²) >= 11 is 0. The topological polar surface area (TPSA) is 66.5 Å². The van der Waals surface area contributed by atoms with Gasteiger partial charge in [-0.15, -0.1) is 0 Å². The van der Waals surface area contributed by atoms with Crippen molar-refractivity contribution in [2.45, 2.75) is 31.1 Å². The minimum atomic E-state index is -3.60. The molecule has 0 bridgehead atoms. The second kappa shape index (κ2) is 7.97. The van der Waals surface area contributed by atoms with Crippen molar-refractivity contribution in [3.05, 3.63) is 71.8 Å². The Balaban J connectivity index is 1.65. The van der Waals surface area contributed by atoms with E-state index < -0.39 is 10.0 Å². The highest BCUT2D eigenvalue weighted by Crippen LogP contribution is 2.26. The second-order valence-electron chi connectivity index (χ2n) is 7.43.